The van der Waals surface area contributed by atoms with Gasteiger partial charge in [-0.15, -0.1) is 0 Å². The van der Waals surface area contributed by atoms with E-state index in [0.717, 1.165) is 51.4 Å². The Morgan fingerprint density at radius 1 is 1.11 bits per heavy atom. The van der Waals surface area contributed by atoms with E-state index in [-0.39, 0.29) is 17.5 Å². The molecule has 0 spiro atoms. The van der Waals surface area contributed by atoms with Gasteiger partial charge in [0.15, 0.2) is 0 Å². The summed E-state index contributed by atoms with van der Waals surface area (Å²) in [6, 6.07) is 0. The predicted molar refractivity (Wildman–Crippen MR) is 76.7 cm³/mol. The van der Waals surface area contributed by atoms with Gasteiger partial charge in [0.05, 0.1) is 5.41 Å². The summed E-state index contributed by atoms with van der Waals surface area (Å²) in [6.07, 6.45) is 9.76. The summed E-state index contributed by atoms with van der Waals surface area (Å²) in [4.78, 5) is 12.5. The maximum atomic E-state index is 12.5. The van der Waals surface area contributed by atoms with Crippen molar-refractivity contribution in [3.63, 3.8) is 0 Å². The van der Waals surface area contributed by atoms with E-state index < -0.39 is 0 Å². The normalized spacial score (nSPS) is 26.9. The summed E-state index contributed by atoms with van der Waals surface area (Å²) in [5.74, 6) is -0.0144. The van der Waals surface area contributed by atoms with Gasteiger partial charge >= 0.3 is 5.97 Å². The van der Waals surface area contributed by atoms with Crippen LogP contribution in [0.15, 0.2) is 0 Å². The van der Waals surface area contributed by atoms with Gasteiger partial charge in [-0.3, -0.25) is 4.79 Å². The first-order valence-corrected chi connectivity index (χ1v) is 7.89. The molecule has 0 amide bonds. The van der Waals surface area contributed by atoms with Crippen molar-refractivity contribution < 1.29 is 9.53 Å². The molecular weight excluding hydrogens is 238 g/mol. The Balaban J connectivity index is 1.89. The molecule has 0 aromatic rings. The van der Waals surface area contributed by atoms with Gasteiger partial charge in [0.25, 0.3) is 0 Å². The summed E-state index contributed by atoms with van der Waals surface area (Å²) >= 11 is 0. The first-order valence-electron chi connectivity index (χ1n) is 7.89. The van der Waals surface area contributed by atoms with E-state index in [2.05, 4.69) is 13.8 Å². The van der Waals surface area contributed by atoms with Crippen molar-refractivity contribution in [2.75, 3.05) is 6.54 Å². The molecule has 2 fully saturated rings. The Bertz CT molecular complexity index is 309. The summed E-state index contributed by atoms with van der Waals surface area (Å²) in [5.41, 5.74) is 5.93. The maximum Gasteiger partial charge on any atom is 0.313 e. The topological polar surface area (TPSA) is 52.3 Å². The van der Waals surface area contributed by atoms with Crippen LogP contribution in [0.3, 0.4) is 0 Å². The lowest BCUT2D eigenvalue weighted by atomic mass is 9.73. The van der Waals surface area contributed by atoms with Crippen molar-refractivity contribution in [2.24, 2.45) is 16.6 Å². The standard InChI is InChI=1S/C16H29NO2/c1-15(2)10-6-13(7-11-15)19-14(18)16(12-17)8-4-3-5-9-16/h13H,3-12,17H2,1-2H3. The van der Waals surface area contributed by atoms with Gasteiger partial charge in [0, 0.05) is 6.54 Å². The van der Waals surface area contributed by atoms with Crippen LogP contribution in [-0.2, 0) is 9.53 Å². The number of rotatable bonds is 3. The predicted octanol–water partition coefficient (Wildman–Crippen LogP) is 3.41. The quantitative estimate of drug-likeness (QED) is 0.797. The van der Waals surface area contributed by atoms with E-state index in [9.17, 15) is 4.79 Å². The molecule has 2 rings (SSSR count). The minimum absolute atomic E-state index is 0.0144. The number of carbonyl (C=O) groups is 1. The third-order valence-electron chi connectivity index (χ3n) is 5.19. The van der Waals surface area contributed by atoms with Crippen LogP contribution in [0.4, 0.5) is 0 Å². The fraction of sp³-hybridized carbons (Fsp3) is 0.938. The van der Waals surface area contributed by atoms with Crippen LogP contribution in [-0.4, -0.2) is 18.6 Å². The molecular formula is C16H29NO2. The molecule has 0 radical (unpaired) electrons. The maximum absolute atomic E-state index is 12.5. The number of hydrogen-bond acceptors (Lipinski definition) is 3. The van der Waals surface area contributed by atoms with Gasteiger partial charge in [0.2, 0.25) is 0 Å². The summed E-state index contributed by atoms with van der Waals surface area (Å²) in [6.45, 7) is 5.05. The second-order valence-electron chi connectivity index (χ2n) is 7.31. The number of ether oxygens (including phenoxy) is 1. The molecule has 3 nitrogen and oxygen atoms in total. The number of esters is 1. The highest BCUT2D eigenvalue weighted by atomic mass is 16.5. The zero-order valence-electron chi connectivity index (χ0n) is 12.5. The van der Waals surface area contributed by atoms with Crippen LogP contribution < -0.4 is 5.73 Å². The van der Waals surface area contributed by atoms with Crippen LogP contribution in [0, 0.1) is 10.8 Å². The number of carbonyl (C=O) groups excluding carboxylic acids is 1. The molecule has 2 aliphatic rings. The van der Waals surface area contributed by atoms with E-state index >= 15 is 0 Å². The summed E-state index contributed by atoms with van der Waals surface area (Å²) < 4.78 is 5.80. The Morgan fingerprint density at radius 2 is 1.68 bits per heavy atom. The zero-order chi connectivity index (χ0) is 13.9. The summed E-state index contributed by atoms with van der Waals surface area (Å²) in [5, 5.41) is 0. The highest BCUT2D eigenvalue weighted by molar-refractivity contribution is 5.77. The highest BCUT2D eigenvalue weighted by Gasteiger charge is 2.41. The first kappa shape index (κ1) is 14.8. The average molecular weight is 267 g/mol. The molecule has 0 saturated heterocycles. The van der Waals surface area contributed by atoms with E-state index in [1.807, 2.05) is 0 Å². The smallest absolute Gasteiger partial charge is 0.313 e. The van der Waals surface area contributed by atoms with Gasteiger partial charge in [-0.1, -0.05) is 33.1 Å². The lowest BCUT2D eigenvalue weighted by Crippen LogP contribution is -2.43. The number of nitrogens with two attached hydrogens (primary N) is 1. The first-order chi connectivity index (χ1) is 8.97. The van der Waals surface area contributed by atoms with Crippen molar-refractivity contribution >= 4 is 5.97 Å². The molecule has 2 aliphatic carbocycles. The fourth-order valence-corrected chi connectivity index (χ4v) is 3.49. The lowest BCUT2D eigenvalue weighted by Gasteiger charge is -2.38. The average Bonchev–Trinajstić information content (AvgIpc) is 2.42. The molecule has 2 saturated carbocycles. The van der Waals surface area contributed by atoms with Crippen LogP contribution >= 0.6 is 0 Å². The van der Waals surface area contributed by atoms with Gasteiger partial charge in [0.1, 0.15) is 6.10 Å². The fourth-order valence-electron chi connectivity index (χ4n) is 3.49. The van der Waals surface area contributed by atoms with Crippen LogP contribution in [0.2, 0.25) is 0 Å². The Hall–Kier alpha value is -0.570. The van der Waals surface area contributed by atoms with Crippen LogP contribution in [0.5, 0.6) is 0 Å². The van der Waals surface area contributed by atoms with Crippen LogP contribution in [0.1, 0.15) is 71.6 Å². The minimum Gasteiger partial charge on any atom is -0.462 e. The molecule has 2 N–H and O–H groups in total. The third kappa shape index (κ3) is 3.50. The molecule has 110 valence electrons. The van der Waals surface area contributed by atoms with Crippen molar-refractivity contribution in [1.82, 2.24) is 0 Å². The van der Waals surface area contributed by atoms with Gasteiger partial charge in [-0.05, 0) is 43.9 Å². The molecule has 0 unspecified atom stereocenters. The van der Waals surface area contributed by atoms with Crippen molar-refractivity contribution in [3.05, 3.63) is 0 Å². The second kappa shape index (κ2) is 5.82. The van der Waals surface area contributed by atoms with Crippen molar-refractivity contribution in [2.45, 2.75) is 77.7 Å². The lowest BCUT2D eigenvalue weighted by molar-refractivity contribution is -0.165. The largest absolute Gasteiger partial charge is 0.462 e. The van der Waals surface area contributed by atoms with E-state index in [1.54, 1.807) is 0 Å². The zero-order valence-corrected chi connectivity index (χ0v) is 12.5. The van der Waals surface area contributed by atoms with Gasteiger partial charge < -0.3 is 10.5 Å². The van der Waals surface area contributed by atoms with Gasteiger partial charge in [-0.25, -0.2) is 0 Å². The molecule has 0 aliphatic heterocycles. The molecule has 3 heteroatoms. The Kier molecular flexibility index (Phi) is 4.54. The highest BCUT2D eigenvalue weighted by Crippen LogP contribution is 2.40. The van der Waals surface area contributed by atoms with Crippen LogP contribution in [0.25, 0.3) is 0 Å². The third-order valence-corrected chi connectivity index (χ3v) is 5.19. The molecule has 0 heterocycles. The molecule has 19 heavy (non-hydrogen) atoms. The Labute approximate surface area is 117 Å². The van der Waals surface area contributed by atoms with Crippen molar-refractivity contribution in [3.8, 4) is 0 Å². The summed E-state index contributed by atoms with van der Waals surface area (Å²) in [7, 11) is 0. The molecule has 0 aromatic carbocycles. The molecule has 0 bridgehead atoms. The monoisotopic (exact) mass is 267 g/mol. The van der Waals surface area contributed by atoms with Crippen molar-refractivity contribution in [1.29, 1.82) is 0 Å². The van der Waals surface area contributed by atoms with E-state index in [4.69, 9.17) is 10.5 Å². The second-order valence-corrected chi connectivity index (χ2v) is 7.31. The minimum atomic E-state index is -0.370. The SMILES string of the molecule is CC1(C)CCC(OC(=O)C2(CN)CCCCC2)CC1. The Morgan fingerprint density at radius 3 is 2.21 bits per heavy atom. The number of hydrogen-bond donors (Lipinski definition) is 1. The van der Waals surface area contributed by atoms with E-state index in [1.165, 1.54) is 6.42 Å². The molecule has 0 atom stereocenters. The van der Waals surface area contributed by atoms with Gasteiger partial charge in [-0.2, -0.15) is 0 Å². The molecule has 0 aromatic heterocycles. The van der Waals surface area contributed by atoms with E-state index in [0.29, 0.717) is 12.0 Å².